The molecule has 1 nitrogen and oxygen atoms in total. The molecule has 0 unspecified atom stereocenters. The van der Waals surface area contributed by atoms with Crippen molar-refractivity contribution in [2.45, 2.75) is 20.3 Å². The Kier molecular flexibility index (Phi) is 7.97. The van der Waals surface area contributed by atoms with Crippen molar-refractivity contribution in [1.29, 1.82) is 0 Å². The molecule has 1 aliphatic rings. The summed E-state index contributed by atoms with van der Waals surface area (Å²) in [7, 11) is 0. The largest absolute Gasteiger partial charge is 0.382 e. The molecule has 0 fully saturated rings. The van der Waals surface area contributed by atoms with Gasteiger partial charge in [-0.1, -0.05) is 24.3 Å². The quantitative estimate of drug-likeness (QED) is 0.572. The predicted octanol–water partition coefficient (Wildman–Crippen LogP) is 2.55. The molecular formula is C9H16O. The zero-order valence-electron chi connectivity index (χ0n) is 6.84. The van der Waals surface area contributed by atoms with Crippen LogP contribution in [0, 0.1) is 0 Å². The molecule has 1 heteroatoms. The van der Waals surface area contributed by atoms with Crippen molar-refractivity contribution in [3.8, 4) is 0 Å². The van der Waals surface area contributed by atoms with Crippen molar-refractivity contribution < 1.29 is 4.74 Å². The Morgan fingerprint density at radius 2 is 1.60 bits per heavy atom. The van der Waals surface area contributed by atoms with Crippen molar-refractivity contribution in [1.82, 2.24) is 0 Å². The Labute approximate surface area is 63.4 Å². The van der Waals surface area contributed by atoms with Crippen LogP contribution in [-0.2, 0) is 4.74 Å². The lowest BCUT2D eigenvalue weighted by atomic mass is 10.5. The SMILES string of the molecule is C1=CCC=C1.CCOCC. The van der Waals surface area contributed by atoms with E-state index in [0.717, 1.165) is 19.6 Å². The van der Waals surface area contributed by atoms with E-state index < -0.39 is 0 Å². The first-order valence-electron chi connectivity index (χ1n) is 3.81. The summed E-state index contributed by atoms with van der Waals surface area (Å²) < 4.78 is 4.83. The van der Waals surface area contributed by atoms with Gasteiger partial charge < -0.3 is 4.74 Å². The summed E-state index contributed by atoms with van der Waals surface area (Å²) in [6.07, 6.45) is 9.50. The van der Waals surface area contributed by atoms with Gasteiger partial charge in [-0.05, 0) is 20.3 Å². The molecule has 58 valence electrons. The third-order valence-corrected chi connectivity index (χ3v) is 1.06. The average molecular weight is 140 g/mol. The number of hydrogen-bond acceptors (Lipinski definition) is 1. The Hall–Kier alpha value is -0.560. The fourth-order valence-corrected chi connectivity index (χ4v) is 0.597. The molecule has 1 aliphatic carbocycles. The van der Waals surface area contributed by atoms with E-state index in [-0.39, 0.29) is 0 Å². The van der Waals surface area contributed by atoms with Crippen LogP contribution in [0.5, 0.6) is 0 Å². The van der Waals surface area contributed by atoms with Gasteiger partial charge in [0.15, 0.2) is 0 Å². The van der Waals surface area contributed by atoms with Gasteiger partial charge >= 0.3 is 0 Å². The first-order chi connectivity index (χ1) is 4.91. The molecule has 0 amide bonds. The van der Waals surface area contributed by atoms with Crippen LogP contribution >= 0.6 is 0 Å². The highest BCUT2D eigenvalue weighted by Crippen LogP contribution is 1.93. The fourth-order valence-electron chi connectivity index (χ4n) is 0.597. The normalized spacial score (nSPS) is 13.0. The van der Waals surface area contributed by atoms with Crippen LogP contribution in [0.1, 0.15) is 20.3 Å². The fraction of sp³-hybridized carbons (Fsp3) is 0.556. The summed E-state index contributed by atoms with van der Waals surface area (Å²) in [6, 6.07) is 0. The number of rotatable bonds is 2. The van der Waals surface area contributed by atoms with E-state index in [1.54, 1.807) is 0 Å². The maximum atomic E-state index is 4.83. The lowest BCUT2D eigenvalue weighted by Crippen LogP contribution is -1.84. The Morgan fingerprint density at radius 1 is 1.10 bits per heavy atom. The second-order valence-corrected chi connectivity index (χ2v) is 1.87. The lowest BCUT2D eigenvalue weighted by Gasteiger charge is -1.86. The minimum atomic E-state index is 0.844. The van der Waals surface area contributed by atoms with Gasteiger partial charge in [0.05, 0.1) is 0 Å². The number of ether oxygens (including phenoxy) is 1. The van der Waals surface area contributed by atoms with Crippen molar-refractivity contribution in [2.75, 3.05) is 13.2 Å². The first-order valence-corrected chi connectivity index (χ1v) is 3.81. The van der Waals surface area contributed by atoms with Gasteiger partial charge in [-0.2, -0.15) is 0 Å². The summed E-state index contributed by atoms with van der Waals surface area (Å²) >= 11 is 0. The Balaban J connectivity index is 0.000000162. The van der Waals surface area contributed by atoms with E-state index in [1.165, 1.54) is 0 Å². The van der Waals surface area contributed by atoms with Crippen LogP contribution in [0.2, 0.25) is 0 Å². The Bertz CT molecular complexity index is 91.3. The molecule has 0 aromatic heterocycles. The van der Waals surface area contributed by atoms with E-state index in [2.05, 4.69) is 24.3 Å². The van der Waals surface area contributed by atoms with E-state index >= 15 is 0 Å². The molecule has 0 aliphatic heterocycles. The van der Waals surface area contributed by atoms with Gasteiger partial charge in [-0.15, -0.1) is 0 Å². The third kappa shape index (κ3) is 7.44. The predicted molar refractivity (Wildman–Crippen MR) is 45.1 cm³/mol. The van der Waals surface area contributed by atoms with E-state index in [9.17, 15) is 0 Å². The molecule has 0 atom stereocenters. The van der Waals surface area contributed by atoms with Crippen molar-refractivity contribution in [3.05, 3.63) is 24.3 Å². The van der Waals surface area contributed by atoms with Crippen LogP contribution in [0.4, 0.5) is 0 Å². The lowest BCUT2D eigenvalue weighted by molar-refractivity contribution is 0.162. The van der Waals surface area contributed by atoms with E-state index in [0.29, 0.717) is 0 Å². The molecule has 0 radical (unpaired) electrons. The second kappa shape index (κ2) is 8.44. The molecule has 0 saturated heterocycles. The van der Waals surface area contributed by atoms with Crippen LogP contribution < -0.4 is 0 Å². The van der Waals surface area contributed by atoms with Crippen molar-refractivity contribution in [2.24, 2.45) is 0 Å². The van der Waals surface area contributed by atoms with Gasteiger partial charge in [-0.3, -0.25) is 0 Å². The van der Waals surface area contributed by atoms with Gasteiger partial charge in [0.2, 0.25) is 0 Å². The van der Waals surface area contributed by atoms with Crippen LogP contribution in [0.3, 0.4) is 0 Å². The number of hydrogen-bond donors (Lipinski definition) is 0. The molecule has 0 N–H and O–H groups in total. The summed E-state index contributed by atoms with van der Waals surface area (Å²) in [6.45, 7) is 5.67. The number of allylic oxidation sites excluding steroid dienone is 4. The molecule has 0 spiro atoms. The first kappa shape index (κ1) is 9.44. The highest BCUT2D eigenvalue weighted by molar-refractivity contribution is 5.11. The zero-order valence-corrected chi connectivity index (χ0v) is 6.84. The highest BCUT2D eigenvalue weighted by Gasteiger charge is 1.72. The van der Waals surface area contributed by atoms with Crippen LogP contribution in [0.25, 0.3) is 0 Å². The molecule has 0 heterocycles. The molecule has 0 saturated carbocycles. The maximum absolute atomic E-state index is 4.83. The molecule has 0 bridgehead atoms. The topological polar surface area (TPSA) is 9.23 Å². The van der Waals surface area contributed by atoms with E-state index in [1.807, 2.05) is 13.8 Å². The smallest absolute Gasteiger partial charge is 0.0437 e. The van der Waals surface area contributed by atoms with Crippen molar-refractivity contribution >= 4 is 0 Å². The Morgan fingerprint density at radius 3 is 1.70 bits per heavy atom. The van der Waals surface area contributed by atoms with Crippen LogP contribution in [0.15, 0.2) is 24.3 Å². The molecule has 0 aromatic rings. The second-order valence-electron chi connectivity index (χ2n) is 1.87. The standard InChI is InChI=1S/C5H6.C4H10O/c1-2-4-5-3-1;1-3-5-4-2/h1-4H,5H2;3-4H2,1-2H3. The highest BCUT2D eigenvalue weighted by atomic mass is 16.5. The molecule has 10 heavy (non-hydrogen) atoms. The van der Waals surface area contributed by atoms with Crippen molar-refractivity contribution in [3.63, 3.8) is 0 Å². The summed E-state index contributed by atoms with van der Waals surface area (Å²) in [5, 5.41) is 0. The minimum Gasteiger partial charge on any atom is -0.382 e. The van der Waals surface area contributed by atoms with Gasteiger partial charge in [0, 0.05) is 13.2 Å². The molecule has 1 rings (SSSR count). The summed E-state index contributed by atoms with van der Waals surface area (Å²) in [4.78, 5) is 0. The minimum absolute atomic E-state index is 0.844. The van der Waals surface area contributed by atoms with Crippen LogP contribution in [-0.4, -0.2) is 13.2 Å². The zero-order chi connectivity index (χ0) is 7.66. The van der Waals surface area contributed by atoms with Gasteiger partial charge in [0.25, 0.3) is 0 Å². The average Bonchev–Trinajstić information content (AvgIpc) is 2.44. The molecule has 0 aromatic carbocycles. The van der Waals surface area contributed by atoms with Gasteiger partial charge in [0.1, 0.15) is 0 Å². The maximum Gasteiger partial charge on any atom is 0.0437 e. The van der Waals surface area contributed by atoms with E-state index in [4.69, 9.17) is 4.74 Å². The monoisotopic (exact) mass is 140 g/mol. The third-order valence-electron chi connectivity index (χ3n) is 1.06. The molecular weight excluding hydrogens is 124 g/mol. The summed E-state index contributed by atoms with van der Waals surface area (Å²) in [5.41, 5.74) is 0. The van der Waals surface area contributed by atoms with Gasteiger partial charge in [-0.25, -0.2) is 0 Å². The summed E-state index contributed by atoms with van der Waals surface area (Å²) in [5.74, 6) is 0.